The third-order valence-corrected chi connectivity index (χ3v) is 5.73. The second-order valence-corrected chi connectivity index (χ2v) is 8.10. The van der Waals surface area contributed by atoms with Gasteiger partial charge in [0.25, 0.3) is 0 Å². The van der Waals surface area contributed by atoms with Crippen LogP contribution in [0.4, 0.5) is 8.78 Å². The molecular weight excluding hydrogens is 450 g/mol. The normalized spacial score (nSPS) is 12.2. The van der Waals surface area contributed by atoms with Gasteiger partial charge >= 0.3 is 0 Å². The second kappa shape index (κ2) is 9.68. The van der Waals surface area contributed by atoms with Gasteiger partial charge in [-0.2, -0.15) is 0 Å². The molecule has 0 aliphatic carbocycles. The molecule has 0 saturated carbocycles. The van der Waals surface area contributed by atoms with Gasteiger partial charge in [-0.05, 0) is 48.9 Å². The molecule has 0 aliphatic heterocycles. The Kier molecular flexibility index (Phi) is 6.72. The number of rotatable bonds is 8. The Morgan fingerprint density at radius 2 is 1.82 bits per heavy atom. The van der Waals surface area contributed by atoms with Crippen molar-refractivity contribution in [1.29, 1.82) is 0 Å². The summed E-state index contributed by atoms with van der Waals surface area (Å²) in [4.78, 5) is 17.7. The van der Waals surface area contributed by atoms with Crippen molar-refractivity contribution in [2.24, 2.45) is 0 Å². The molecule has 0 radical (unpaired) electrons. The zero-order chi connectivity index (χ0) is 23.5. The van der Waals surface area contributed by atoms with Crippen molar-refractivity contribution < 1.29 is 23.4 Å². The molecule has 1 atom stereocenters. The van der Waals surface area contributed by atoms with Crippen LogP contribution in [0.15, 0.2) is 60.8 Å². The number of ketones is 1. The van der Waals surface area contributed by atoms with Crippen molar-refractivity contribution in [3.05, 3.63) is 100.0 Å². The molecule has 0 saturated heterocycles. The van der Waals surface area contributed by atoms with E-state index in [2.05, 4.69) is 4.98 Å². The van der Waals surface area contributed by atoms with E-state index in [0.29, 0.717) is 27.8 Å². The minimum absolute atomic E-state index is 0.0677. The van der Waals surface area contributed by atoms with Gasteiger partial charge in [0, 0.05) is 23.6 Å². The Hall–Kier alpha value is -3.29. The van der Waals surface area contributed by atoms with Crippen LogP contribution in [0.1, 0.15) is 39.6 Å². The summed E-state index contributed by atoms with van der Waals surface area (Å²) in [5, 5.41) is 10.4. The van der Waals surface area contributed by atoms with E-state index >= 15 is 0 Å². The number of aromatic nitrogens is 2. The van der Waals surface area contributed by atoms with Gasteiger partial charge in [-0.3, -0.25) is 9.20 Å². The first-order valence-electron chi connectivity index (χ1n) is 10.3. The maximum absolute atomic E-state index is 13.9. The summed E-state index contributed by atoms with van der Waals surface area (Å²) in [6.07, 6.45) is 1.74. The van der Waals surface area contributed by atoms with Crippen LogP contribution in [0.25, 0.3) is 5.65 Å². The summed E-state index contributed by atoms with van der Waals surface area (Å²) in [5.41, 5.74) is 1.83. The molecule has 1 unspecified atom stereocenters. The predicted molar refractivity (Wildman–Crippen MR) is 121 cm³/mol. The molecule has 2 aromatic carbocycles. The molecule has 2 heterocycles. The van der Waals surface area contributed by atoms with E-state index in [1.54, 1.807) is 53.9 Å². The van der Waals surface area contributed by atoms with Crippen LogP contribution in [-0.4, -0.2) is 26.9 Å². The first kappa shape index (κ1) is 22.9. The van der Waals surface area contributed by atoms with E-state index in [-0.39, 0.29) is 31.0 Å². The van der Waals surface area contributed by atoms with Gasteiger partial charge in [0.2, 0.25) is 0 Å². The number of nitrogens with zero attached hydrogens (tertiary/aromatic N) is 2. The molecule has 0 aliphatic rings. The van der Waals surface area contributed by atoms with E-state index < -0.39 is 17.6 Å². The topological polar surface area (TPSA) is 63.8 Å². The van der Waals surface area contributed by atoms with Gasteiger partial charge in [-0.15, -0.1) is 0 Å². The zero-order valence-corrected chi connectivity index (χ0v) is 18.5. The molecule has 4 aromatic rings. The highest BCUT2D eigenvalue weighted by molar-refractivity contribution is 6.30. The number of benzene rings is 2. The third-order valence-electron chi connectivity index (χ3n) is 5.48. The Morgan fingerprint density at radius 3 is 2.48 bits per heavy atom. The Morgan fingerprint density at radius 1 is 1.12 bits per heavy atom. The van der Waals surface area contributed by atoms with Crippen LogP contribution in [-0.2, 0) is 6.61 Å². The number of hydrogen-bond donors (Lipinski definition) is 1. The van der Waals surface area contributed by atoms with Gasteiger partial charge < -0.3 is 9.84 Å². The summed E-state index contributed by atoms with van der Waals surface area (Å²) in [7, 11) is 0. The number of hydrogen-bond acceptors (Lipinski definition) is 4. The summed E-state index contributed by atoms with van der Waals surface area (Å²) in [6.45, 7) is 1.18. The quantitative estimate of drug-likeness (QED) is 0.345. The van der Waals surface area contributed by atoms with Gasteiger partial charge in [-0.1, -0.05) is 29.8 Å². The lowest BCUT2D eigenvalue weighted by atomic mass is 9.93. The van der Waals surface area contributed by atoms with Crippen molar-refractivity contribution in [1.82, 2.24) is 9.38 Å². The molecular formula is C25H21ClF2N2O3. The Balaban J connectivity index is 1.60. The smallest absolute Gasteiger partial charge is 0.182 e. The minimum atomic E-state index is -0.699. The maximum Gasteiger partial charge on any atom is 0.182 e. The van der Waals surface area contributed by atoms with Crippen LogP contribution in [0.2, 0.25) is 5.02 Å². The lowest BCUT2D eigenvalue weighted by Crippen LogP contribution is -2.13. The van der Waals surface area contributed by atoms with E-state index in [1.807, 2.05) is 0 Å². The number of carbonyl (C=O) groups excluding carboxylic acids is 1. The monoisotopic (exact) mass is 470 g/mol. The minimum Gasteiger partial charge on any atom is -0.485 e. The largest absolute Gasteiger partial charge is 0.485 e. The number of halogens is 3. The Bertz CT molecular complexity index is 1290. The zero-order valence-electron chi connectivity index (χ0n) is 17.8. The Labute approximate surface area is 194 Å². The van der Waals surface area contributed by atoms with E-state index in [0.717, 1.165) is 17.7 Å². The van der Waals surface area contributed by atoms with Crippen LogP contribution in [0.3, 0.4) is 0 Å². The maximum atomic E-state index is 13.9. The number of ether oxygens (including phenoxy) is 1. The molecule has 1 N–H and O–H groups in total. The molecule has 8 heteroatoms. The number of carbonyl (C=O) groups is 1. The first-order valence-corrected chi connectivity index (χ1v) is 10.7. The first-order chi connectivity index (χ1) is 15.9. The number of aliphatic hydroxyl groups excluding tert-OH is 1. The second-order valence-electron chi connectivity index (χ2n) is 7.66. The average Bonchev–Trinajstić information content (AvgIpc) is 3.14. The fourth-order valence-electron chi connectivity index (χ4n) is 3.77. The van der Waals surface area contributed by atoms with Gasteiger partial charge in [0.05, 0.1) is 17.9 Å². The lowest BCUT2D eigenvalue weighted by molar-refractivity contribution is 0.0953. The van der Waals surface area contributed by atoms with Gasteiger partial charge in [0.1, 0.15) is 23.9 Å². The number of aryl methyl sites for hydroxylation is 1. The number of aliphatic hydroxyl groups is 1. The van der Waals surface area contributed by atoms with Crippen LogP contribution in [0.5, 0.6) is 5.75 Å². The van der Waals surface area contributed by atoms with Gasteiger partial charge in [0.15, 0.2) is 17.2 Å². The summed E-state index contributed by atoms with van der Waals surface area (Å²) < 4.78 is 35.2. The summed E-state index contributed by atoms with van der Waals surface area (Å²) in [5.74, 6) is -1.71. The lowest BCUT2D eigenvalue weighted by Gasteiger charge is -2.14. The van der Waals surface area contributed by atoms with Crippen LogP contribution < -0.4 is 4.74 Å². The SMILES string of the molecule is Cc1nc2c(OCc3c(F)cccc3F)cccn2c1C(=O)CC(CO)c1ccc(Cl)cc1. The van der Waals surface area contributed by atoms with E-state index in [9.17, 15) is 18.7 Å². The van der Waals surface area contributed by atoms with Crippen LogP contribution in [0, 0.1) is 18.6 Å². The van der Waals surface area contributed by atoms with Crippen molar-refractivity contribution in [2.75, 3.05) is 6.61 Å². The number of Topliss-reactive ketones (excluding diaryl/α,β-unsaturated/α-hetero) is 1. The van der Waals surface area contributed by atoms with Crippen molar-refractivity contribution in [2.45, 2.75) is 25.9 Å². The van der Waals surface area contributed by atoms with Crippen molar-refractivity contribution >= 4 is 23.0 Å². The molecule has 5 nitrogen and oxygen atoms in total. The summed E-state index contributed by atoms with van der Waals surface area (Å²) in [6, 6.07) is 13.9. The van der Waals surface area contributed by atoms with E-state index in [1.165, 1.54) is 6.07 Å². The molecule has 2 aromatic heterocycles. The fraction of sp³-hybridized carbons (Fsp3) is 0.200. The highest BCUT2D eigenvalue weighted by atomic mass is 35.5. The predicted octanol–water partition coefficient (Wildman–Crippen LogP) is 5.50. The average molecular weight is 471 g/mol. The highest BCUT2D eigenvalue weighted by Crippen LogP contribution is 2.28. The molecule has 0 spiro atoms. The molecule has 0 fully saturated rings. The highest BCUT2D eigenvalue weighted by Gasteiger charge is 2.23. The number of imidazole rings is 1. The molecule has 170 valence electrons. The van der Waals surface area contributed by atoms with E-state index in [4.69, 9.17) is 16.3 Å². The standard InChI is InChI=1S/C25H21ClF2N2O3/c1-15-24(22(32)12-17(13-31)16-7-9-18(26)10-8-16)30-11-3-6-23(25(30)29-15)33-14-19-20(27)4-2-5-21(19)28/h2-11,17,31H,12-14H2,1H3. The van der Waals surface area contributed by atoms with Gasteiger partial charge in [-0.25, -0.2) is 13.8 Å². The molecule has 0 amide bonds. The third kappa shape index (κ3) is 4.74. The number of pyridine rings is 1. The fourth-order valence-corrected chi connectivity index (χ4v) is 3.89. The molecule has 4 rings (SSSR count). The molecule has 33 heavy (non-hydrogen) atoms. The van der Waals surface area contributed by atoms with Crippen molar-refractivity contribution in [3.8, 4) is 5.75 Å². The number of fused-ring (bicyclic) bond motifs is 1. The summed E-state index contributed by atoms with van der Waals surface area (Å²) >= 11 is 5.94. The van der Waals surface area contributed by atoms with Crippen LogP contribution >= 0.6 is 11.6 Å². The van der Waals surface area contributed by atoms with Crippen molar-refractivity contribution in [3.63, 3.8) is 0 Å². The molecule has 0 bridgehead atoms.